The monoisotopic (exact) mass is 184 g/mol. The Morgan fingerprint density at radius 2 is 2.31 bits per heavy atom. The number of nitrogens with zero attached hydrogens (tertiary/aromatic N) is 1. The van der Waals surface area contributed by atoms with Crippen LogP contribution in [0.3, 0.4) is 0 Å². The quantitative estimate of drug-likeness (QED) is 0.662. The normalized spacial score (nSPS) is 24.5. The number of hydrogen-bond acceptors (Lipinski definition) is 1. The molecule has 0 unspecified atom stereocenters. The van der Waals surface area contributed by atoms with Gasteiger partial charge in [-0.25, -0.2) is 4.79 Å². The van der Waals surface area contributed by atoms with Gasteiger partial charge < -0.3 is 10.2 Å². The van der Waals surface area contributed by atoms with Crippen molar-refractivity contribution in [2.45, 2.75) is 32.6 Å². The topological polar surface area (TPSA) is 32.3 Å². The fourth-order valence-corrected chi connectivity index (χ4v) is 2.46. The number of carbonyl (C=O) groups excluding carboxylic acids is 1. The minimum Gasteiger partial charge on any atom is -0.338 e. The lowest BCUT2D eigenvalue weighted by molar-refractivity contribution is 0.141. The zero-order chi connectivity index (χ0) is 9.31. The number of rotatable bonds is 1. The number of carbonyl (C=O) groups is 1. The van der Waals surface area contributed by atoms with Crippen LogP contribution in [0.1, 0.15) is 34.0 Å². The molecule has 1 spiro atoms. The molecular weight excluding hydrogens is 164 g/mol. The van der Waals surface area contributed by atoms with Gasteiger partial charge in [-0.2, -0.15) is 0 Å². The van der Waals surface area contributed by atoms with Crippen LogP contribution in [0.25, 0.3) is 0 Å². The molecule has 3 heteroatoms. The van der Waals surface area contributed by atoms with Crippen LogP contribution in [0, 0.1) is 5.41 Å². The van der Waals surface area contributed by atoms with Crippen LogP contribution in [0.2, 0.25) is 0 Å². The molecule has 76 valence electrons. The molecule has 0 bridgehead atoms. The second kappa shape index (κ2) is 3.20. The first-order valence-corrected chi connectivity index (χ1v) is 5.29. The Balaban J connectivity index is 0.000000980. The first kappa shape index (κ1) is 8.85. The Hall–Kier alpha value is -0.730. The summed E-state index contributed by atoms with van der Waals surface area (Å²) in [6.45, 7) is 4.67. The Kier molecular flexibility index (Phi) is 2.18. The molecule has 2 amide bonds. The van der Waals surface area contributed by atoms with Crippen molar-refractivity contribution >= 4 is 6.03 Å². The van der Waals surface area contributed by atoms with E-state index in [0.717, 1.165) is 19.6 Å². The van der Waals surface area contributed by atoms with Crippen molar-refractivity contribution < 1.29 is 6.22 Å². The van der Waals surface area contributed by atoms with Crippen LogP contribution in [-0.2, 0) is 0 Å². The van der Waals surface area contributed by atoms with E-state index in [1.165, 1.54) is 25.7 Å². The summed E-state index contributed by atoms with van der Waals surface area (Å²) < 4.78 is 0. The van der Waals surface area contributed by atoms with Gasteiger partial charge in [0.15, 0.2) is 0 Å². The second-order valence-electron chi connectivity index (χ2n) is 4.36. The number of hydrogen-bond donors (Lipinski definition) is 1. The van der Waals surface area contributed by atoms with Gasteiger partial charge in [0.1, 0.15) is 0 Å². The van der Waals surface area contributed by atoms with Gasteiger partial charge in [-0.05, 0) is 31.6 Å². The number of urea groups is 1. The van der Waals surface area contributed by atoms with E-state index in [1.54, 1.807) is 0 Å². The lowest BCUT2D eigenvalue weighted by atomic mass is 9.68. The molecule has 0 atom stereocenters. The van der Waals surface area contributed by atoms with Crippen molar-refractivity contribution in [3.05, 3.63) is 0 Å². The maximum Gasteiger partial charge on any atom is 0.317 e. The molecule has 1 aliphatic carbocycles. The minimum atomic E-state index is 0. The van der Waals surface area contributed by atoms with Gasteiger partial charge in [-0.3, -0.25) is 0 Å². The molecule has 1 N–H and O–H groups in total. The molecule has 1 saturated heterocycles. The lowest BCUT2D eigenvalue weighted by Gasteiger charge is -2.37. The third kappa shape index (κ3) is 1.52. The molecule has 0 aromatic rings. The maximum absolute atomic E-state index is 11.5. The third-order valence-corrected chi connectivity index (χ3v) is 3.47. The highest BCUT2D eigenvalue weighted by molar-refractivity contribution is 5.74. The van der Waals surface area contributed by atoms with Crippen molar-refractivity contribution in [2.24, 2.45) is 5.41 Å². The minimum absolute atomic E-state index is 0. The SMILES string of the molecule is CCNC(=O)N1CCC2(CCC2)C1.[HH]. The van der Waals surface area contributed by atoms with Gasteiger partial charge in [-0.1, -0.05) is 6.42 Å². The van der Waals surface area contributed by atoms with Crippen molar-refractivity contribution in [2.75, 3.05) is 19.6 Å². The first-order valence-electron chi connectivity index (χ1n) is 5.29. The van der Waals surface area contributed by atoms with E-state index in [2.05, 4.69) is 5.32 Å². The van der Waals surface area contributed by atoms with E-state index >= 15 is 0 Å². The zero-order valence-electron chi connectivity index (χ0n) is 8.31. The van der Waals surface area contributed by atoms with E-state index in [4.69, 9.17) is 0 Å². The summed E-state index contributed by atoms with van der Waals surface area (Å²) in [5.74, 6) is 0. The molecule has 2 rings (SSSR count). The summed E-state index contributed by atoms with van der Waals surface area (Å²) in [5, 5.41) is 2.86. The van der Waals surface area contributed by atoms with Gasteiger partial charge in [0.25, 0.3) is 0 Å². The largest absolute Gasteiger partial charge is 0.338 e. The Morgan fingerprint density at radius 1 is 1.54 bits per heavy atom. The molecule has 1 aliphatic heterocycles. The van der Waals surface area contributed by atoms with Crippen LogP contribution < -0.4 is 5.32 Å². The molecule has 0 radical (unpaired) electrons. The molecular formula is C10H20N2O. The number of likely N-dealkylation sites (tertiary alicyclic amines) is 1. The van der Waals surface area contributed by atoms with Gasteiger partial charge >= 0.3 is 6.03 Å². The highest BCUT2D eigenvalue weighted by Crippen LogP contribution is 2.47. The fraction of sp³-hybridized carbons (Fsp3) is 0.900. The molecule has 0 aromatic heterocycles. The maximum atomic E-state index is 11.5. The molecule has 3 nitrogen and oxygen atoms in total. The average molecular weight is 184 g/mol. The van der Waals surface area contributed by atoms with E-state index in [1.807, 2.05) is 11.8 Å². The van der Waals surface area contributed by atoms with Gasteiger partial charge in [0.05, 0.1) is 0 Å². The smallest absolute Gasteiger partial charge is 0.317 e. The van der Waals surface area contributed by atoms with Crippen LogP contribution in [0.5, 0.6) is 0 Å². The zero-order valence-corrected chi connectivity index (χ0v) is 8.31. The Labute approximate surface area is 81.0 Å². The van der Waals surface area contributed by atoms with Crippen molar-refractivity contribution in [3.63, 3.8) is 0 Å². The highest BCUT2D eigenvalue weighted by Gasteiger charge is 2.43. The summed E-state index contributed by atoms with van der Waals surface area (Å²) in [6, 6.07) is 0.131. The standard InChI is InChI=1S/C10H18N2O.H2/c1-2-11-9(13)12-7-6-10(8-12)4-3-5-10;/h2-8H2,1H3,(H,11,13);1H. The molecule has 2 aliphatic rings. The predicted octanol–water partition coefficient (Wildman–Crippen LogP) is 1.84. The molecule has 0 aromatic carbocycles. The summed E-state index contributed by atoms with van der Waals surface area (Å²) in [6.07, 6.45) is 5.26. The van der Waals surface area contributed by atoms with Crippen molar-refractivity contribution in [3.8, 4) is 0 Å². The van der Waals surface area contributed by atoms with E-state index in [-0.39, 0.29) is 7.46 Å². The third-order valence-electron chi connectivity index (χ3n) is 3.47. The summed E-state index contributed by atoms with van der Waals surface area (Å²) >= 11 is 0. The fourth-order valence-electron chi connectivity index (χ4n) is 2.46. The number of nitrogens with one attached hydrogen (secondary N) is 1. The van der Waals surface area contributed by atoms with Crippen LogP contribution in [0.15, 0.2) is 0 Å². The first-order chi connectivity index (χ1) is 6.26. The number of amides is 2. The van der Waals surface area contributed by atoms with E-state index in [9.17, 15) is 4.79 Å². The van der Waals surface area contributed by atoms with Crippen molar-refractivity contribution in [1.82, 2.24) is 10.2 Å². The summed E-state index contributed by atoms with van der Waals surface area (Å²) in [5.41, 5.74) is 0.533. The Bertz CT molecular complexity index is 216. The molecule has 2 fully saturated rings. The van der Waals surface area contributed by atoms with Crippen LogP contribution in [0.4, 0.5) is 4.79 Å². The van der Waals surface area contributed by atoms with Crippen LogP contribution >= 0.6 is 0 Å². The molecule has 13 heavy (non-hydrogen) atoms. The van der Waals surface area contributed by atoms with Crippen molar-refractivity contribution in [1.29, 1.82) is 0 Å². The van der Waals surface area contributed by atoms with Crippen LogP contribution in [-0.4, -0.2) is 30.6 Å². The molecule has 1 heterocycles. The second-order valence-corrected chi connectivity index (χ2v) is 4.36. The predicted molar refractivity (Wildman–Crippen MR) is 53.7 cm³/mol. The van der Waals surface area contributed by atoms with E-state index < -0.39 is 0 Å². The summed E-state index contributed by atoms with van der Waals surface area (Å²) in [7, 11) is 0. The average Bonchev–Trinajstić information content (AvgIpc) is 2.47. The highest BCUT2D eigenvalue weighted by atomic mass is 16.2. The molecule has 1 saturated carbocycles. The van der Waals surface area contributed by atoms with Gasteiger partial charge in [-0.15, -0.1) is 0 Å². The summed E-state index contributed by atoms with van der Waals surface area (Å²) in [4.78, 5) is 13.5. The Morgan fingerprint density at radius 3 is 2.77 bits per heavy atom. The van der Waals surface area contributed by atoms with Gasteiger partial charge in [0, 0.05) is 21.1 Å². The lowest BCUT2D eigenvalue weighted by Crippen LogP contribution is -2.41. The van der Waals surface area contributed by atoms with E-state index in [0.29, 0.717) is 5.41 Å². The van der Waals surface area contributed by atoms with Gasteiger partial charge in [0.2, 0.25) is 0 Å².